The van der Waals surface area contributed by atoms with E-state index in [1.165, 1.54) is 71.6 Å². The number of hydrogen-bond acceptors (Lipinski definition) is 1. The summed E-state index contributed by atoms with van der Waals surface area (Å²) in [5.41, 5.74) is 12.7. The van der Waals surface area contributed by atoms with Gasteiger partial charge in [0.15, 0.2) is 0 Å². The minimum atomic E-state index is -0.128. The predicted octanol–water partition coefficient (Wildman–Crippen LogP) is 11.4. The second-order valence-corrected chi connectivity index (χ2v) is 12.1. The molecule has 0 saturated heterocycles. The van der Waals surface area contributed by atoms with E-state index in [1.807, 2.05) is 0 Å². The van der Waals surface area contributed by atoms with E-state index in [0.717, 1.165) is 17.1 Å². The van der Waals surface area contributed by atoms with Gasteiger partial charge in [0.25, 0.3) is 0 Å². The van der Waals surface area contributed by atoms with Crippen molar-refractivity contribution in [2.24, 2.45) is 0 Å². The van der Waals surface area contributed by atoms with Crippen LogP contribution in [0.15, 0.2) is 133 Å². The second-order valence-electron chi connectivity index (χ2n) is 12.1. The predicted molar refractivity (Wildman–Crippen MR) is 175 cm³/mol. The summed E-state index contributed by atoms with van der Waals surface area (Å²) in [6.45, 7) is 4.77. The maximum Gasteiger partial charge on any atom is 0.135 e. The highest BCUT2D eigenvalue weighted by Crippen LogP contribution is 2.53. The minimum absolute atomic E-state index is 0.128. The Kier molecular flexibility index (Phi) is 4.73. The molecule has 2 aliphatic rings. The van der Waals surface area contributed by atoms with Crippen molar-refractivity contribution in [1.82, 2.24) is 0 Å². The Balaban J connectivity index is 1.19. The van der Waals surface area contributed by atoms with Crippen molar-refractivity contribution in [3.05, 3.63) is 145 Å². The zero-order chi connectivity index (χ0) is 28.0. The quantitative estimate of drug-likeness (QED) is 0.213. The molecule has 0 fully saturated rings. The third kappa shape index (κ3) is 3.19. The number of ether oxygens (including phenoxy) is 1. The van der Waals surface area contributed by atoms with Crippen molar-refractivity contribution in [3.63, 3.8) is 0 Å². The van der Waals surface area contributed by atoms with Crippen LogP contribution in [0.25, 0.3) is 66.1 Å². The fourth-order valence-electron chi connectivity index (χ4n) is 7.48. The van der Waals surface area contributed by atoms with Crippen molar-refractivity contribution in [2.45, 2.75) is 19.3 Å². The standard InChI is InChI=1S/C41H28O/c1-41(2)36-24-28(27-18-22-37-35(23-27)32-14-6-11-26-12-7-16-38(42-37)39(26)32)17-19-31(36)34-21-20-30-29(25-9-4-3-5-10-25)13-8-15-33(30)40(34)41/h3-24H,1-2H3. The largest absolute Gasteiger partial charge is 0.456 e. The van der Waals surface area contributed by atoms with Gasteiger partial charge in [0.2, 0.25) is 0 Å². The molecule has 0 atom stereocenters. The number of benzene rings is 7. The van der Waals surface area contributed by atoms with Crippen LogP contribution in [0.1, 0.15) is 25.0 Å². The Hall–Kier alpha value is -5.14. The lowest BCUT2D eigenvalue weighted by Gasteiger charge is -2.24. The molecule has 1 heterocycles. The van der Waals surface area contributed by atoms with Gasteiger partial charge in [-0.15, -0.1) is 0 Å². The van der Waals surface area contributed by atoms with Gasteiger partial charge in [-0.3, -0.25) is 0 Å². The van der Waals surface area contributed by atoms with Gasteiger partial charge < -0.3 is 4.74 Å². The first-order chi connectivity index (χ1) is 20.6. The molecule has 1 aliphatic heterocycles. The molecule has 0 unspecified atom stereocenters. The Labute approximate surface area is 245 Å². The lowest BCUT2D eigenvalue weighted by molar-refractivity contribution is 0.487. The summed E-state index contributed by atoms with van der Waals surface area (Å²) in [7, 11) is 0. The molecule has 0 amide bonds. The molecule has 7 aromatic carbocycles. The third-order valence-corrected chi connectivity index (χ3v) is 9.44. The first-order valence-electron chi connectivity index (χ1n) is 14.7. The van der Waals surface area contributed by atoms with Gasteiger partial charge in [-0.05, 0) is 90.5 Å². The van der Waals surface area contributed by atoms with E-state index < -0.39 is 0 Å². The van der Waals surface area contributed by atoms with Gasteiger partial charge in [-0.2, -0.15) is 0 Å². The smallest absolute Gasteiger partial charge is 0.135 e. The molecule has 9 rings (SSSR count). The Morgan fingerprint density at radius 3 is 2.07 bits per heavy atom. The highest BCUT2D eigenvalue weighted by atomic mass is 16.5. The van der Waals surface area contributed by atoms with Gasteiger partial charge in [-0.1, -0.05) is 123 Å². The van der Waals surface area contributed by atoms with E-state index >= 15 is 0 Å². The van der Waals surface area contributed by atoms with E-state index in [4.69, 9.17) is 4.74 Å². The average Bonchev–Trinajstić information content (AvgIpc) is 3.27. The highest BCUT2D eigenvalue weighted by molar-refractivity contribution is 6.06. The van der Waals surface area contributed by atoms with Gasteiger partial charge >= 0.3 is 0 Å². The van der Waals surface area contributed by atoms with Crippen LogP contribution in [0.2, 0.25) is 0 Å². The Bertz CT molecular complexity index is 2230. The topological polar surface area (TPSA) is 9.23 Å². The maximum atomic E-state index is 6.37. The summed E-state index contributed by atoms with van der Waals surface area (Å²) in [4.78, 5) is 0. The molecule has 1 aliphatic carbocycles. The van der Waals surface area contributed by atoms with Crippen LogP contribution in [0.4, 0.5) is 0 Å². The van der Waals surface area contributed by atoms with E-state index in [9.17, 15) is 0 Å². The Morgan fingerprint density at radius 1 is 0.452 bits per heavy atom. The molecule has 7 aromatic rings. The summed E-state index contributed by atoms with van der Waals surface area (Å²) < 4.78 is 6.37. The first kappa shape index (κ1) is 23.6. The SMILES string of the molecule is CC1(C)c2cc(-c3ccc4c(c3)-c3cccc5cccc(c35)O4)ccc2-c2ccc3c(-c4ccccc4)cccc3c21. The molecule has 0 N–H and O–H groups in total. The molecule has 1 heteroatoms. The molecular formula is C41H28O. The number of fused-ring (bicyclic) bond motifs is 7. The third-order valence-electron chi connectivity index (χ3n) is 9.44. The summed E-state index contributed by atoms with van der Waals surface area (Å²) in [6.07, 6.45) is 0. The lowest BCUT2D eigenvalue weighted by atomic mass is 9.79. The minimum Gasteiger partial charge on any atom is -0.456 e. The van der Waals surface area contributed by atoms with Gasteiger partial charge in [0.1, 0.15) is 11.5 Å². The second kappa shape index (κ2) is 8.44. The number of hydrogen-bond donors (Lipinski definition) is 0. The van der Waals surface area contributed by atoms with Crippen LogP contribution in [-0.4, -0.2) is 0 Å². The zero-order valence-corrected chi connectivity index (χ0v) is 23.6. The van der Waals surface area contributed by atoms with Crippen molar-refractivity contribution in [2.75, 3.05) is 0 Å². The summed E-state index contributed by atoms with van der Waals surface area (Å²) in [5.74, 6) is 1.85. The van der Waals surface area contributed by atoms with Crippen molar-refractivity contribution < 1.29 is 4.74 Å². The molecule has 1 nitrogen and oxygen atoms in total. The van der Waals surface area contributed by atoms with E-state index in [1.54, 1.807) is 0 Å². The molecule has 0 saturated carbocycles. The summed E-state index contributed by atoms with van der Waals surface area (Å²) >= 11 is 0. The zero-order valence-electron chi connectivity index (χ0n) is 23.6. The van der Waals surface area contributed by atoms with Crippen LogP contribution in [0.3, 0.4) is 0 Å². The van der Waals surface area contributed by atoms with E-state index in [2.05, 4.69) is 147 Å². The van der Waals surface area contributed by atoms with E-state index in [0.29, 0.717) is 0 Å². The average molecular weight is 537 g/mol. The van der Waals surface area contributed by atoms with Crippen molar-refractivity contribution in [3.8, 4) is 56.0 Å². The fourth-order valence-corrected chi connectivity index (χ4v) is 7.48. The highest BCUT2D eigenvalue weighted by Gasteiger charge is 2.37. The van der Waals surface area contributed by atoms with Crippen LogP contribution < -0.4 is 4.74 Å². The summed E-state index contributed by atoms with van der Waals surface area (Å²) in [5, 5.41) is 5.06. The number of rotatable bonds is 2. The molecule has 0 spiro atoms. The normalized spacial score (nSPS) is 13.9. The molecule has 42 heavy (non-hydrogen) atoms. The van der Waals surface area contributed by atoms with Crippen molar-refractivity contribution >= 4 is 21.5 Å². The molecular weight excluding hydrogens is 508 g/mol. The summed E-state index contributed by atoms with van der Waals surface area (Å²) in [6, 6.07) is 48.6. The van der Waals surface area contributed by atoms with Gasteiger partial charge in [-0.25, -0.2) is 0 Å². The molecule has 0 bridgehead atoms. The molecule has 198 valence electrons. The molecule has 0 radical (unpaired) electrons. The van der Waals surface area contributed by atoms with Gasteiger partial charge in [0, 0.05) is 16.4 Å². The van der Waals surface area contributed by atoms with Crippen LogP contribution in [0, 0.1) is 0 Å². The monoisotopic (exact) mass is 536 g/mol. The lowest BCUT2D eigenvalue weighted by Crippen LogP contribution is -2.15. The van der Waals surface area contributed by atoms with E-state index in [-0.39, 0.29) is 5.41 Å². The van der Waals surface area contributed by atoms with Crippen LogP contribution in [0.5, 0.6) is 11.5 Å². The van der Waals surface area contributed by atoms with Crippen LogP contribution in [-0.2, 0) is 5.41 Å². The van der Waals surface area contributed by atoms with Gasteiger partial charge in [0.05, 0.1) is 0 Å². The van der Waals surface area contributed by atoms with Crippen molar-refractivity contribution in [1.29, 1.82) is 0 Å². The Morgan fingerprint density at radius 2 is 1.19 bits per heavy atom. The maximum absolute atomic E-state index is 6.37. The fraction of sp³-hybridized carbons (Fsp3) is 0.0732. The first-order valence-corrected chi connectivity index (χ1v) is 14.7. The molecule has 0 aromatic heterocycles. The van der Waals surface area contributed by atoms with Crippen LogP contribution >= 0.6 is 0 Å².